The molecule has 0 aliphatic carbocycles. The van der Waals surface area contributed by atoms with Crippen LogP contribution in [0.25, 0.3) is 0 Å². The SMILES string of the molecule is CNc1cnc(C(C)C)nc1C(=O)NC(C)CCC(C)C. The van der Waals surface area contributed by atoms with Crippen molar-refractivity contribution < 1.29 is 4.79 Å². The summed E-state index contributed by atoms with van der Waals surface area (Å²) in [5.41, 5.74) is 1.08. The second-order valence-corrected chi connectivity index (χ2v) is 6.24. The third-order valence-electron chi connectivity index (χ3n) is 3.36. The molecule has 1 atom stereocenters. The first-order valence-corrected chi connectivity index (χ1v) is 7.70. The summed E-state index contributed by atoms with van der Waals surface area (Å²) < 4.78 is 0. The van der Waals surface area contributed by atoms with Gasteiger partial charge in [0, 0.05) is 19.0 Å². The summed E-state index contributed by atoms with van der Waals surface area (Å²) in [5, 5.41) is 6.00. The van der Waals surface area contributed by atoms with Gasteiger partial charge in [-0.3, -0.25) is 4.79 Å². The minimum atomic E-state index is -0.139. The van der Waals surface area contributed by atoms with Crippen molar-refractivity contribution in [2.24, 2.45) is 5.92 Å². The molecular weight excluding hydrogens is 264 g/mol. The quantitative estimate of drug-likeness (QED) is 0.810. The van der Waals surface area contributed by atoms with Gasteiger partial charge in [-0.2, -0.15) is 0 Å². The summed E-state index contributed by atoms with van der Waals surface area (Å²) in [4.78, 5) is 21.1. The standard InChI is InChI=1S/C16H28N4O/c1-10(2)7-8-12(5)19-16(21)14-13(17-6)9-18-15(20-14)11(3)4/h9-12,17H,7-8H2,1-6H3,(H,19,21). The molecule has 0 saturated carbocycles. The Morgan fingerprint density at radius 3 is 2.38 bits per heavy atom. The third-order valence-corrected chi connectivity index (χ3v) is 3.36. The van der Waals surface area contributed by atoms with Crippen LogP contribution in [0.4, 0.5) is 5.69 Å². The molecule has 21 heavy (non-hydrogen) atoms. The lowest BCUT2D eigenvalue weighted by atomic mass is 10.0. The Kier molecular flexibility index (Phi) is 6.59. The second kappa shape index (κ2) is 7.96. The van der Waals surface area contributed by atoms with Gasteiger partial charge >= 0.3 is 0 Å². The average Bonchev–Trinajstić information content (AvgIpc) is 2.44. The van der Waals surface area contributed by atoms with E-state index in [1.54, 1.807) is 13.2 Å². The smallest absolute Gasteiger partial charge is 0.272 e. The van der Waals surface area contributed by atoms with Gasteiger partial charge in [0.25, 0.3) is 5.91 Å². The molecule has 1 unspecified atom stereocenters. The predicted octanol–water partition coefficient (Wildman–Crippen LogP) is 3.20. The number of anilines is 1. The van der Waals surface area contributed by atoms with E-state index in [0.29, 0.717) is 23.1 Å². The first-order valence-electron chi connectivity index (χ1n) is 7.70. The van der Waals surface area contributed by atoms with Gasteiger partial charge in [-0.05, 0) is 25.7 Å². The minimum absolute atomic E-state index is 0.139. The van der Waals surface area contributed by atoms with E-state index in [1.165, 1.54) is 0 Å². The molecule has 0 saturated heterocycles. The van der Waals surface area contributed by atoms with E-state index in [2.05, 4.69) is 34.4 Å². The van der Waals surface area contributed by atoms with Crippen LogP contribution < -0.4 is 10.6 Å². The fourth-order valence-electron chi connectivity index (χ4n) is 1.98. The zero-order chi connectivity index (χ0) is 16.0. The number of amides is 1. The molecule has 1 rings (SSSR count). The molecule has 0 radical (unpaired) electrons. The Morgan fingerprint density at radius 1 is 1.19 bits per heavy atom. The molecule has 0 aliphatic heterocycles. The van der Waals surface area contributed by atoms with Gasteiger partial charge in [0.1, 0.15) is 5.82 Å². The molecule has 0 fully saturated rings. The van der Waals surface area contributed by atoms with Crippen LogP contribution in [-0.4, -0.2) is 29.0 Å². The summed E-state index contributed by atoms with van der Waals surface area (Å²) >= 11 is 0. The van der Waals surface area contributed by atoms with Crippen LogP contribution >= 0.6 is 0 Å². The number of nitrogens with one attached hydrogen (secondary N) is 2. The van der Waals surface area contributed by atoms with Crippen LogP contribution in [0.15, 0.2) is 6.20 Å². The molecule has 1 heterocycles. The summed E-state index contributed by atoms with van der Waals surface area (Å²) in [6.45, 7) is 10.4. The molecule has 1 amide bonds. The van der Waals surface area contributed by atoms with Crippen molar-refractivity contribution in [3.05, 3.63) is 17.7 Å². The van der Waals surface area contributed by atoms with Gasteiger partial charge in [-0.1, -0.05) is 27.7 Å². The first-order chi connectivity index (χ1) is 9.85. The molecule has 0 bridgehead atoms. The predicted molar refractivity (Wildman–Crippen MR) is 86.7 cm³/mol. The van der Waals surface area contributed by atoms with Crippen LogP contribution in [0.5, 0.6) is 0 Å². The van der Waals surface area contributed by atoms with Crippen LogP contribution in [0.2, 0.25) is 0 Å². The highest BCUT2D eigenvalue weighted by Gasteiger charge is 2.17. The molecule has 0 aliphatic rings. The van der Waals surface area contributed by atoms with Crippen LogP contribution in [0.1, 0.15) is 69.7 Å². The van der Waals surface area contributed by atoms with E-state index in [-0.39, 0.29) is 17.9 Å². The van der Waals surface area contributed by atoms with Gasteiger partial charge in [-0.15, -0.1) is 0 Å². The molecule has 1 aromatic rings. The maximum Gasteiger partial charge on any atom is 0.272 e. The number of hydrogen-bond donors (Lipinski definition) is 2. The Labute approximate surface area is 128 Å². The number of nitrogens with zero attached hydrogens (tertiary/aromatic N) is 2. The number of hydrogen-bond acceptors (Lipinski definition) is 4. The van der Waals surface area contributed by atoms with E-state index < -0.39 is 0 Å². The summed E-state index contributed by atoms with van der Waals surface area (Å²) in [6, 6.07) is 0.141. The lowest BCUT2D eigenvalue weighted by Crippen LogP contribution is -2.34. The minimum Gasteiger partial charge on any atom is -0.385 e. The van der Waals surface area contributed by atoms with Crippen LogP contribution in [-0.2, 0) is 0 Å². The Hall–Kier alpha value is -1.65. The maximum atomic E-state index is 12.4. The maximum absolute atomic E-state index is 12.4. The molecule has 5 heteroatoms. The van der Waals surface area contributed by atoms with Gasteiger partial charge in [0.05, 0.1) is 11.9 Å². The van der Waals surface area contributed by atoms with Crippen LogP contribution in [0.3, 0.4) is 0 Å². The molecule has 0 spiro atoms. The van der Waals surface area contributed by atoms with Crippen molar-refractivity contribution in [2.45, 2.75) is 59.4 Å². The fraction of sp³-hybridized carbons (Fsp3) is 0.688. The molecule has 0 aromatic carbocycles. The monoisotopic (exact) mass is 292 g/mol. The zero-order valence-corrected chi connectivity index (χ0v) is 14.0. The molecule has 1 aromatic heterocycles. The number of aromatic nitrogens is 2. The van der Waals surface area contributed by atoms with Crippen LogP contribution in [0, 0.1) is 5.92 Å². The molecule has 2 N–H and O–H groups in total. The van der Waals surface area contributed by atoms with E-state index >= 15 is 0 Å². The number of rotatable bonds is 7. The summed E-state index contributed by atoms with van der Waals surface area (Å²) in [7, 11) is 1.77. The lowest BCUT2D eigenvalue weighted by molar-refractivity contribution is 0.0932. The number of carbonyl (C=O) groups excluding carboxylic acids is 1. The summed E-state index contributed by atoms with van der Waals surface area (Å²) in [5.74, 6) is 1.39. The van der Waals surface area contributed by atoms with E-state index in [1.807, 2.05) is 20.8 Å². The van der Waals surface area contributed by atoms with Gasteiger partial charge in [-0.25, -0.2) is 9.97 Å². The van der Waals surface area contributed by atoms with Crippen molar-refractivity contribution in [1.29, 1.82) is 0 Å². The Morgan fingerprint density at radius 2 is 1.86 bits per heavy atom. The molecule has 118 valence electrons. The average molecular weight is 292 g/mol. The van der Waals surface area contributed by atoms with Crippen molar-refractivity contribution >= 4 is 11.6 Å². The first kappa shape index (κ1) is 17.4. The van der Waals surface area contributed by atoms with Gasteiger partial charge < -0.3 is 10.6 Å². The van der Waals surface area contributed by atoms with Gasteiger partial charge in [0.2, 0.25) is 0 Å². The summed E-state index contributed by atoms with van der Waals surface area (Å²) in [6.07, 6.45) is 3.75. The van der Waals surface area contributed by atoms with Crippen molar-refractivity contribution in [3.63, 3.8) is 0 Å². The number of carbonyl (C=O) groups is 1. The van der Waals surface area contributed by atoms with E-state index in [0.717, 1.165) is 12.8 Å². The highest BCUT2D eigenvalue weighted by Crippen LogP contribution is 2.16. The third kappa shape index (κ3) is 5.33. The topological polar surface area (TPSA) is 66.9 Å². The van der Waals surface area contributed by atoms with E-state index in [4.69, 9.17) is 0 Å². The Bertz CT molecular complexity index is 471. The van der Waals surface area contributed by atoms with Crippen molar-refractivity contribution in [1.82, 2.24) is 15.3 Å². The molecule has 5 nitrogen and oxygen atoms in total. The fourth-order valence-corrected chi connectivity index (χ4v) is 1.98. The van der Waals surface area contributed by atoms with Crippen molar-refractivity contribution in [3.8, 4) is 0 Å². The second-order valence-electron chi connectivity index (χ2n) is 6.24. The van der Waals surface area contributed by atoms with Gasteiger partial charge in [0.15, 0.2) is 5.69 Å². The van der Waals surface area contributed by atoms with Crippen molar-refractivity contribution in [2.75, 3.05) is 12.4 Å². The zero-order valence-electron chi connectivity index (χ0n) is 14.0. The highest BCUT2D eigenvalue weighted by atomic mass is 16.2. The van der Waals surface area contributed by atoms with E-state index in [9.17, 15) is 4.79 Å². The largest absolute Gasteiger partial charge is 0.385 e. The Balaban J connectivity index is 2.82. The highest BCUT2D eigenvalue weighted by molar-refractivity contribution is 5.97. The molecular formula is C16H28N4O. The lowest BCUT2D eigenvalue weighted by Gasteiger charge is -2.16. The normalized spacial score (nSPS) is 12.6.